The van der Waals surface area contributed by atoms with E-state index in [4.69, 9.17) is 0 Å². The van der Waals surface area contributed by atoms with Crippen LogP contribution in [0.2, 0.25) is 0 Å². The molecule has 0 fully saturated rings. The van der Waals surface area contributed by atoms with Crippen molar-refractivity contribution >= 4 is 0 Å². The molecule has 0 saturated heterocycles. The zero-order valence-electron chi connectivity index (χ0n) is 4.93. The Balaban J connectivity index is 0.000000490. The van der Waals surface area contributed by atoms with Crippen LogP contribution >= 0.6 is 0 Å². The Kier molecular flexibility index (Phi) is 3.49. The summed E-state index contributed by atoms with van der Waals surface area (Å²) in [4.78, 5) is 0. The summed E-state index contributed by atoms with van der Waals surface area (Å²) >= 11 is 0. The standard InChI is InChI=1S/C5H6NO.Y/c1-4-3-6-7-5(4)2;/h1-2H3;/q-1;. The maximum Gasteiger partial charge on any atom is 0 e. The van der Waals surface area contributed by atoms with Gasteiger partial charge in [-0.2, -0.15) is 5.56 Å². The Bertz CT molecular complexity index is 145. The van der Waals surface area contributed by atoms with Crippen molar-refractivity contribution in [1.29, 1.82) is 0 Å². The van der Waals surface area contributed by atoms with E-state index >= 15 is 0 Å². The summed E-state index contributed by atoms with van der Waals surface area (Å²) in [6, 6.07) is 0. The fourth-order valence-electron chi connectivity index (χ4n) is 0.307. The molecule has 2 nitrogen and oxygen atoms in total. The van der Waals surface area contributed by atoms with Gasteiger partial charge in [0.15, 0.2) is 0 Å². The summed E-state index contributed by atoms with van der Waals surface area (Å²) in [5, 5.41) is 3.42. The minimum atomic E-state index is 0. The molecule has 0 N–H and O–H groups in total. The molecule has 0 unspecified atom stereocenters. The van der Waals surface area contributed by atoms with E-state index in [1.54, 1.807) is 0 Å². The number of hydrogen-bond donors (Lipinski definition) is 0. The van der Waals surface area contributed by atoms with E-state index in [0.29, 0.717) is 0 Å². The van der Waals surface area contributed by atoms with E-state index in [0.717, 1.165) is 11.3 Å². The molecule has 0 aliphatic carbocycles. The van der Waals surface area contributed by atoms with Crippen molar-refractivity contribution in [3.63, 3.8) is 0 Å². The summed E-state index contributed by atoms with van der Waals surface area (Å²) in [7, 11) is 0. The molecule has 0 saturated carbocycles. The third kappa shape index (κ3) is 1.68. The Labute approximate surface area is 73.5 Å². The molecule has 0 aromatic carbocycles. The molecular weight excluding hydrogens is 179 g/mol. The van der Waals surface area contributed by atoms with Crippen LogP contribution in [0.25, 0.3) is 0 Å². The van der Waals surface area contributed by atoms with Gasteiger partial charge in [0, 0.05) is 32.7 Å². The van der Waals surface area contributed by atoms with Crippen LogP contribution in [0.1, 0.15) is 11.3 Å². The average Bonchev–Trinajstić information content (AvgIpc) is 1.91. The van der Waals surface area contributed by atoms with E-state index in [-0.39, 0.29) is 32.7 Å². The van der Waals surface area contributed by atoms with Gasteiger partial charge in [-0.15, -0.1) is 0 Å². The zero-order valence-corrected chi connectivity index (χ0v) is 7.77. The Morgan fingerprint density at radius 1 is 1.50 bits per heavy atom. The number of hydrogen-bond acceptors (Lipinski definition) is 2. The van der Waals surface area contributed by atoms with Crippen molar-refractivity contribution in [2.75, 3.05) is 0 Å². The van der Waals surface area contributed by atoms with E-state index < -0.39 is 0 Å². The minimum Gasteiger partial charge on any atom is -0.470 e. The van der Waals surface area contributed by atoms with Crippen molar-refractivity contribution < 1.29 is 37.2 Å². The molecule has 3 heteroatoms. The molecule has 0 amide bonds. The van der Waals surface area contributed by atoms with Crippen LogP contribution in [0, 0.1) is 20.0 Å². The first-order valence-corrected chi connectivity index (χ1v) is 2.11. The first-order chi connectivity index (χ1) is 3.30. The quantitative estimate of drug-likeness (QED) is 0.565. The molecular formula is C5H6NOY-. The molecule has 0 aliphatic rings. The summed E-state index contributed by atoms with van der Waals surface area (Å²) in [6.45, 7) is 3.77. The van der Waals surface area contributed by atoms with Gasteiger partial charge in [-0.25, -0.2) is 5.16 Å². The molecule has 0 bridgehead atoms. The Morgan fingerprint density at radius 2 is 2.12 bits per heavy atom. The van der Waals surface area contributed by atoms with Crippen LogP contribution < -0.4 is 0 Å². The van der Waals surface area contributed by atoms with E-state index in [9.17, 15) is 0 Å². The molecule has 0 aliphatic heterocycles. The second-order valence-corrected chi connectivity index (χ2v) is 1.48. The van der Waals surface area contributed by atoms with Crippen molar-refractivity contribution in [3.8, 4) is 0 Å². The van der Waals surface area contributed by atoms with Crippen LogP contribution in [0.5, 0.6) is 0 Å². The maximum atomic E-state index is 4.66. The normalized spacial score (nSPS) is 8.25. The molecule has 0 spiro atoms. The predicted octanol–water partition coefficient (Wildman–Crippen LogP) is 1.09. The van der Waals surface area contributed by atoms with Gasteiger partial charge in [0.2, 0.25) is 0 Å². The average molecular weight is 185 g/mol. The minimum absolute atomic E-state index is 0. The molecule has 41 valence electrons. The second kappa shape index (κ2) is 3.36. The van der Waals surface area contributed by atoms with Gasteiger partial charge >= 0.3 is 0 Å². The Morgan fingerprint density at radius 3 is 2.25 bits per heavy atom. The van der Waals surface area contributed by atoms with Crippen LogP contribution in [-0.4, -0.2) is 5.16 Å². The van der Waals surface area contributed by atoms with Gasteiger partial charge in [-0.1, -0.05) is 20.0 Å². The van der Waals surface area contributed by atoms with Crippen molar-refractivity contribution in [3.05, 3.63) is 17.5 Å². The largest absolute Gasteiger partial charge is 0.470 e. The van der Waals surface area contributed by atoms with Gasteiger partial charge in [-0.3, -0.25) is 0 Å². The molecule has 0 atom stereocenters. The van der Waals surface area contributed by atoms with Gasteiger partial charge in [-0.05, 0) is 5.76 Å². The number of rotatable bonds is 0. The summed E-state index contributed by atoms with van der Waals surface area (Å²) in [5.74, 6) is 0.847. The number of nitrogens with zero attached hydrogens (tertiary/aromatic N) is 1. The van der Waals surface area contributed by atoms with Gasteiger partial charge in [0.1, 0.15) is 0 Å². The zero-order chi connectivity index (χ0) is 5.28. The van der Waals surface area contributed by atoms with E-state index in [1.807, 2.05) is 13.8 Å². The monoisotopic (exact) mass is 185 g/mol. The predicted molar refractivity (Wildman–Crippen MR) is 24.8 cm³/mol. The second-order valence-electron chi connectivity index (χ2n) is 1.48. The van der Waals surface area contributed by atoms with Gasteiger partial charge in [0.05, 0.1) is 0 Å². The first-order valence-electron chi connectivity index (χ1n) is 2.11. The maximum absolute atomic E-state index is 4.66. The molecule has 1 heterocycles. The van der Waals surface area contributed by atoms with Crippen molar-refractivity contribution in [2.45, 2.75) is 13.8 Å². The van der Waals surface area contributed by atoms with Crippen LogP contribution in [0.3, 0.4) is 0 Å². The van der Waals surface area contributed by atoms with Crippen molar-refractivity contribution in [1.82, 2.24) is 5.16 Å². The molecule has 8 heavy (non-hydrogen) atoms. The fourth-order valence-corrected chi connectivity index (χ4v) is 0.307. The van der Waals surface area contributed by atoms with Crippen molar-refractivity contribution in [2.24, 2.45) is 0 Å². The van der Waals surface area contributed by atoms with Crippen LogP contribution in [0.15, 0.2) is 4.52 Å². The SMILES string of the molecule is Cc1[c-]noc1C.[Y]. The number of aryl methyl sites for hydroxylation is 2. The topological polar surface area (TPSA) is 26.0 Å². The molecule has 1 aromatic rings. The summed E-state index contributed by atoms with van der Waals surface area (Å²) in [6.07, 6.45) is 2.65. The van der Waals surface area contributed by atoms with Crippen LogP contribution in [0.4, 0.5) is 0 Å². The van der Waals surface area contributed by atoms with Gasteiger partial charge in [0.25, 0.3) is 0 Å². The fraction of sp³-hybridized carbons (Fsp3) is 0.400. The third-order valence-corrected chi connectivity index (χ3v) is 0.924. The summed E-state index contributed by atoms with van der Waals surface area (Å²) < 4.78 is 4.66. The number of aromatic nitrogens is 1. The van der Waals surface area contributed by atoms with Crippen LogP contribution in [-0.2, 0) is 32.7 Å². The first kappa shape index (κ1) is 8.31. The van der Waals surface area contributed by atoms with E-state index in [2.05, 4.69) is 15.9 Å². The Hall–Kier alpha value is 0.314. The van der Waals surface area contributed by atoms with E-state index in [1.165, 1.54) is 0 Å². The smallest absolute Gasteiger partial charge is 0 e. The summed E-state index contributed by atoms with van der Waals surface area (Å²) in [5.41, 5.74) is 0.986. The third-order valence-electron chi connectivity index (χ3n) is 0.924. The van der Waals surface area contributed by atoms with Gasteiger partial charge < -0.3 is 4.52 Å². The molecule has 1 radical (unpaired) electrons. The molecule has 1 rings (SSSR count). The molecule has 1 aromatic heterocycles.